The molecule has 1 heterocycles. The highest BCUT2D eigenvalue weighted by Gasteiger charge is 2.17. The third-order valence-corrected chi connectivity index (χ3v) is 4.43. The van der Waals surface area contributed by atoms with E-state index in [1.807, 2.05) is 25.8 Å². The summed E-state index contributed by atoms with van der Waals surface area (Å²) < 4.78 is 4.03. The Morgan fingerprint density at radius 1 is 0.955 bits per heavy atom. The van der Waals surface area contributed by atoms with Gasteiger partial charge in [-0.05, 0) is 11.5 Å². The minimum Gasteiger partial charge on any atom is -0.712 e. The second-order valence-electron chi connectivity index (χ2n) is 6.43. The summed E-state index contributed by atoms with van der Waals surface area (Å²) in [6.45, 7) is 3.26. The van der Waals surface area contributed by atoms with Gasteiger partial charge in [0.2, 0.25) is 0 Å². The smallest absolute Gasteiger partial charge is 0.344 e. The van der Waals surface area contributed by atoms with Gasteiger partial charge in [-0.3, -0.25) is 4.90 Å². The minimum absolute atomic E-state index is 0.696. The maximum Gasteiger partial charge on any atom is 0.344 e. The predicted molar refractivity (Wildman–Crippen MR) is 95.2 cm³/mol. The Balaban J connectivity index is 2.15. The number of rotatable bonds is 12. The molecule has 5 heteroatoms. The fourth-order valence-electron chi connectivity index (χ4n) is 2.97. The van der Waals surface area contributed by atoms with E-state index < -0.39 is 0 Å². The topological polar surface area (TPSA) is 24.9 Å². The zero-order valence-electron chi connectivity index (χ0n) is 15.0. The lowest BCUT2D eigenvalue weighted by Crippen LogP contribution is -2.41. The van der Waals surface area contributed by atoms with Crippen LogP contribution in [0.4, 0.5) is 5.95 Å². The maximum absolute atomic E-state index is 5.35. The van der Waals surface area contributed by atoms with E-state index in [0.717, 1.165) is 12.5 Å². The molecular weight excluding hydrogens is 292 g/mol. The molecule has 1 aromatic heterocycles. The summed E-state index contributed by atoms with van der Waals surface area (Å²) in [5.41, 5.74) is 0. The van der Waals surface area contributed by atoms with Crippen LogP contribution in [-0.2, 0) is 26.2 Å². The van der Waals surface area contributed by atoms with Crippen molar-refractivity contribution < 1.29 is 4.57 Å². The van der Waals surface area contributed by atoms with Gasteiger partial charge in [0.25, 0.3) is 0 Å². The van der Waals surface area contributed by atoms with Gasteiger partial charge in [-0.15, -0.1) is 4.68 Å². The van der Waals surface area contributed by atoms with Crippen LogP contribution < -0.4 is 9.47 Å². The molecule has 0 unspecified atom stereocenters. The first-order chi connectivity index (χ1) is 10.6. The van der Waals surface area contributed by atoms with E-state index in [0.29, 0.717) is 5.16 Å². The Labute approximate surface area is 142 Å². The molecule has 4 nitrogen and oxygen atoms in total. The lowest BCUT2D eigenvalue weighted by molar-refractivity contribution is -0.721. The fourth-order valence-corrected chi connectivity index (χ4v) is 3.27. The van der Waals surface area contributed by atoms with E-state index in [1.54, 1.807) is 0 Å². The Hall–Kier alpha value is -0.840. The molecule has 0 N–H and O–H groups in total. The average molecular weight is 327 g/mol. The Morgan fingerprint density at radius 2 is 1.45 bits per heavy atom. The van der Waals surface area contributed by atoms with Crippen LogP contribution in [0, 0.1) is 0 Å². The van der Waals surface area contributed by atoms with Crippen LogP contribution in [0.5, 0.6) is 0 Å². The standard InChI is InChI=1S/C17H34N4S/c1-5-6-7-8-9-10-11-12-13-14-15-21-16(22)18-20(4)17(21)19(2)3/h5-15H2,1-4H3. The van der Waals surface area contributed by atoms with Gasteiger partial charge in [0.15, 0.2) is 0 Å². The second kappa shape index (κ2) is 10.8. The first kappa shape index (κ1) is 19.2. The number of hydrogen-bond acceptors (Lipinski definition) is 3. The van der Waals surface area contributed by atoms with Crippen molar-refractivity contribution in [1.82, 2.24) is 9.78 Å². The quantitative estimate of drug-likeness (QED) is 0.333. The van der Waals surface area contributed by atoms with Crippen molar-refractivity contribution in [1.29, 1.82) is 0 Å². The molecule has 1 rings (SSSR count). The van der Waals surface area contributed by atoms with Crippen LogP contribution in [0.15, 0.2) is 5.16 Å². The number of hydrogen-bond donors (Lipinski definition) is 0. The van der Waals surface area contributed by atoms with Gasteiger partial charge in [-0.2, -0.15) is 0 Å². The normalized spacial score (nSPS) is 11.1. The number of anilines is 1. The molecule has 0 bridgehead atoms. The molecule has 0 spiro atoms. The summed E-state index contributed by atoms with van der Waals surface area (Å²) in [6.07, 6.45) is 13.6. The monoisotopic (exact) mass is 326 g/mol. The van der Waals surface area contributed by atoms with Crippen LogP contribution in [0.1, 0.15) is 71.1 Å². The van der Waals surface area contributed by atoms with E-state index in [-0.39, 0.29) is 0 Å². The molecule has 0 saturated carbocycles. The summed E-state index contributed by atoms with van der Waals surface area (Å²) >= 11 is 5.35. The minimum atomic E-state index is 0.696. The summed E-state index contributed by atoms with van der Waals surface area (Å²) in [5.74, 6) is 1.08. The molecule has 0 aromatic carbocycles. The van der Waals surface area contributed by atoms with E-state index in [9.17, 15) is 0 Å². The van der Waals surface area contributed by atoms with Crippen molar-refractivity contribution in [2.24, 2.45) is 7.05 Å². The Bertz CT molecular complexity index is 415. The lowest BCUT2D eigenvalue weighted by Gasteiger charge is -2.11. The van der Waals surface area contributed by atoms with Crippen LogP contribution in [-0.4, -0.2) is 23.9 Å². The first-order valence-electron chi connectivity index (χ1n) is 8.89. The molecule has 0 saturated heterocycles. The van der Waals surface area contributed by atoms with Gasteiger partial charge in [0, 0.05) is 14.1 Å². The summed E-state index contributed by atoms with van der Waals surface area (Å²) in [5, 5.41) is 5.05. The van der Waals surface area contributed by atoms with E-state index in [2.05, 4.69) is 21.5 Å². The van der Waals surface area contributed by atoms with E-state index >= 15 is 0 Å². The largest absolute Gasteiger partial charge is 0.712 e. The van der Waals surface area contributed by atoms with Gasteiger partial charge < -0.3 is 12.6 Å². The highest BCUT2D eigenvalue weighted by molar-refractivity contribution is 7.58. The van der Waals surface area contributed by atoms with Crippen LogP contribution in [0.2, 0.25) is 0 Å². The summed E-state index contributed by atoms with van der Waals surface area (Å²) in [6, 6.07) is 0. The third kappa shape index (κ3) is 6.51. The lowest BCUT2D eigenvalue weighted by atomic mass is 10.1. The Morgan fingerprint density at radius 3 is 1.95 bits per heavy atom. The number of aryl methyl sites for hydroxylation is 1. The number of unbranched alkanes of at least 4 members (excludes halogenated alkanes) is 9. The summed E-state index contributed by atoms with van der Waals surface area (Å²) in [7, 11) is 6.04. The van der Waals surface area contributed by atoms with Crippen molar-refractivity contribution >= 4 is 18.6 Å². The van der Waals surface area contributed by atoms with Crippen LogP contribution >= 0.6 is 0 Å². The number of nitrogens with zero attached hydrogens (tertiary/aromatic N) is 4. The van der Waals surface area contributed by atoms with E-state index in [4.69, 9.17) is 12.6 Å². The molecule has 0 amide bonds. The molecule has 0 radical (unpaired) electrons. The van der Waals surface area contributed by atoms with Crippen LogP contribution in [0.3, 0.4) is 0 Å². The fraction of sp³-hybridized carbons (Fsp3) is 0.882. The highest BCUT2D eigenvalue weighted by Crippen LogP contribution is 2.11. The zero-order valence-corrected chi connectivity index (χ0v) is 15.8. The van der Waals surface area contributed by atoms with Gasteiger partial charge >= 0.3 is 5.95 Å². The van der Waals surface area contributed by atoms with Gasteiger partial charge in [0.05, 0.1) is 13.6 Å². The predicted octanol–water partition coefficient (Wildman–Crippen LogP) is 3.60. The van der Waals surface area contributed by atoms with Gasteiger partial charge in [-0.1, -0.05) is 64.7 Å². The molecule has 0 aliphatic heterocycles. The molecule has 0 aliphatic carbocycles. The summed E-state index contributed by atoms with van der Waals surface area (Å²) in [4.78, 5) is 2.08. The number of aromatic nitrogens is 3. The maximum atomic E-state index is 5.35. The molecular formula is C17H34N4S. The molecule has 128 valence electrons. The van der Waals surface area contributed by atoms with Crippen molar-refractivity contribution in [2.45, 2.75) is 82.8 Å². The molecule has 0 atom stereocenters. The molecule has 1 aromatic rings. The molecule has 22 heavy (non-hydrogen) atoms. The first-order valence-corrected chi connectivity index (χ1v) is 9.30. The third-order valence-electron chi connectivity index (χ3n) is 4.13. The van der Waals surface area contributed by atoms with Crippen molar-refractivity contribution in [2.75, 3.05) is 19.0 Å². The average Bonchev–Trinajstić information content (AvgIpc) is 2.75. The molecule has 0 fully saturated rings. The highest BCUT2D eigenvalue weighted by atomic mass is 32.1. The zero-order chi connectivity index (χ0) is 16.4. The van der Waals surface area contributed by atoms with Gasteiger partial charge in [-0.25, -0.2) is 4.57 Å². The van der Waals surface area contributed by atoms with Crippen molar-refractivity contribution in [3.63, 3.8) is 0 Å². The SMILES string of the molecule is CCCCCCCCCCCC[n+]1c([S-])nn(C)c1N(C)C. The van der Waals surface area contributed by atoms with Crippen LogP contribution in [0.25, 0.3) is 0 Å². The van der Waals surface area contributed by atoms with Crippen molar-refractivity contribution in [3.05, 3.63) is 0 Å². The Kier molecular flexibility index (Phi) is 9.44. The van der Waals surface area contributed by atoms with Crippen molar-refractivity contribution in [3.8, 4) is 0 Å². The molecule has 0 aliphatic rings. The van der Waals surface area contributed by atoms with Gasteiger partial charge in [0.1, 0.15) is 5.16 Å². The second-order valence-corrected chi connectivity index (χ2v) is 6.80. The van der Waals surface area contributed by atoms with E-state index in [1.165, 1.54) is 64.2 Å².